The molecule has 0 fully saturated rings. The van der Waals surface area contributed by atoms with Crippen LogP contribution in [0.4, 0.5) is 0 Å². The lowest BCUT2D eigenvalue weighted by Crippen LogP contribution is -2.33. The Morgan fingerprint density at radius 1 is 0.960 bits per heavy atom. The summed E-state index contributed by atoms with van der Waals surface area (Å²) in [4.78, 5) is 15.5. The van der Waals surface area contributed by atoms with Crippen molar-refractivity contribution in [2.75, 3.05) is 0 Å². The maximum atomic E-state index is 10.8. The van der Waals surface area contributed by atoms with Gasteiger partial charge in [-0.25, -0.2) is 4.98 Å². The molecule has 0 saturated heterocycles. The summed E-state index contributed by atoms with van der Waals surface area (Å²) < 4.78 is 6.06. The number of nitrogens with zero attached hydrogens (tertiary/aromatic N) is 1. The third-order valence-electron chi connectivity index (χ3n) is 5.65. The standard InChI is InChI=1S/C22H23NO2/c1-21(2)9-10-22(3,4)17-12-19-18(11-16(17)21)23-20(25-19)15-7-5-14(13-24)6-8-15/h5-8,11-13H,9-10H2,1-4H3. The number of hydrogen-bond donors (Lipinski definition) is 0. The van der Waals surface area contributed by atoms with Crippen LogP contribution in [-0.4, -0.2) is 11.3 Å². The van der Waals surface area contributed by atoms with Crippen molar-refractivity contribution in [3.63, 3.8) is 0 Å². The van der Waals surface area contributed by atoms with Crippen LogP contribution in [0.25, 0.3) is 22.6 Å². The highest BCUT2D eigenvalue weighted by atomic mass is 16.3. The highest BCUT2D eigenvalue weighted by molar-refractivity contribution is 5.80. The van der Waals surface area contributed by atoms with E-state index in [-0.39, 0.29) is 10.8 Å². The Bertz CT molecular complexity index is 909. The van der Waals surface area contributed by atoms with Gasteiger partial charge in [-0.3, -0.25) is 4.79 Å². The van der Waals surface area contributed by atoms with Crippen LogP contribution in [-0.2, 0) is 10.8 Å². The summed E-state index contributed by atoms with van der Waals surface area (Å²) in [5, 5.41) is 0. The fraction of sp³-hybridized carbons (Fsp3) is 0.364. The number of carbonyl (C=O) groups excluding carboxylic acids is 1. The minimum atomic E-state index is 0.150. The van der Waals surface area contributed by atoms with Crippen LogP contribution in [0.15, 0.2) is 40.8 Å². The van der Waals surface area contributed by atoms with E-state index in [4.69, 9.17) is 9.40 Å². The lowest BCUT2D eigenvalue weighted by atomic mass is 9.63. The average molecular weight is 333 g/mol. The van der Waals surface area contributed by atoms with Crippen LogP contribution in [0.1, 0.15) is 62.0 Å². The zero-order chi connectivity index (χ0) is 17.8. The van der Waals surface area contributed by atoms with Crippen molar-refractivity contribution in [2.45, 2.75) is 51.4 Å². The van der Waals surface area contributed by atoms with E-state index in [9.17, 15) is 4.79 Å². The second kappa shape index (κ2) is 5.29. The van der Waals surface area contributed by atoms with Crippen LogP contribution < -0.4 is 0 Å². The van der Waals surface area contributed by atoms with Gasteiger partial charge in [-0.15, -0.1) is 0 Å². The summed E-state index contributed by atoms with van der Waals surface area (Å²) in [5.41, 5.74) is 6.33. The Morgan fingerprint density at radius 2 is 1.56 bits per heavy atom. The molecule has 25 heavy (non-hydrogen) atoms. The lowest BCUT2D eigenvalue weighted by molar-refractivity contribution is 0.112. The predicted octanol–water partition coefficient (Wildman–Crippen LogP) is 5.66. The Morgan fingerprint density at radius 3 is 2.16 bits per heavy atom. The van der Waals surface area contributed by atoms with E-state index in [0.29, 0.717) is 11.5 Å². The molecule has 0 bridgehead atoms. The first-order valence-corrected chi connectivity index (χ1v) is 8.81. The molecule has 0 unspecified atom stereocenters. The molecule has 128 valence electrons. The van der Waals surface area contributed by atoms with Crippen molar-refractivity contribution in [3.05, 3.63) is 53.1 Å². The lowest BCUT2D eigenvalue weighted by Gasteiger charge is -2.41. The van der Waals surface area contributed by atoms with E-state index in [2.05, 4.69) is 39.8 Å². The number of benzene rings is 2. The molecule has 0 N–H and O–H groups in total. The molecule has 4 rings (SSSR count). The van der Waals surface area contributed by atoms with E-state index in [1.54, 1.807) is 12.1 Å². The molecule has 1 aliphatic rings. The minimum Gasteiger partial charge on any atom is -0.436 e. The smallest absolute Gasteiger partial charge is 0.227 e. The molecule has 0 atom stereocenters. The number of oxazole rings is 1. The first-order chi connectivity index (χ1) is 11.8. The number of hydrogen-bond acceptors (Lipinski definition) is 3. The van der Waals surface area contributed by atoms with Gasteiger partial charge in [0.15, 0.2) is 5.58 Å². The second-order valence-corrected chi connectivity index (χ2v) is 8.39. The first-order valence-electron chi connectivity index (χ1n) is 8.81. The molecule has 3 nitrogen and oxygen atoms in total. The zero-order valence-electron chi connectivity index (χ0n) is 15.2. The van der Waals surface area contributed by atoms with E-state index in [0.717, 1.165) is 22.9 Å². The van der Waals surface area contributed by atoms with Gasteiger partial charge in [-0.05, 0) is 59.1 Å². The average Bonchev–Trinajstić information content (AvgIpc) is 3.01. The van der Waals surface area contributed by atoms with E-state index < -0.39 is 0 Å². The summed E-state index contributed by atoms with van der Waals surface area (Å²) in [6.45, 7) is 9.24. The maximum absolute atomic E-state index is 10.8. The molecule has 1 aromatic heterocycles. The molecule has 0 aliphatic heterocycles. The van der Waals surface area contributed by atoms with Gasteiger partial charge in [0, 0.05) is 11.1 Å². The highest BCUT2D eigenvalue weighted by Gasteiger charge is 2.37. The van der Waals surface area contributed by atoms with Gasteiger partial charge in [-0.1, -0.05) is 39.8 Å². The molecule has 0 spiro atoms. The summed E-state index contributed by atoms with van der Waals surface area (Å²) >= 11 is 0. The Labute approximate surface area is 148 Å². The van der Waals surface area contributed by atoms with Crippen LogP contribution in [0.5, 0.6) is 0 Å². The SMILES string of the molecule is CC1(C)CCC(C)(C)c2cc3oc(-c4ccc(C=O)cc4)nc3cc21. The first kappa shape index (κ1) is 16.1. The van der Waals surface area contributed by atoms with Gasteiger partial charge < -0.3 is 4.42 Å². The summed E-state index contributed by atoms with van der Waals surface area (Å²) in [6.07, 6.45) is 3.19. The second-order valence-electron chi connectivity index (χ2n) is 8.39. The Kier molecular flexibility index (Phi) is 3.40. The van der Waals surface area contributed by atoms with Crippen LogP contribution in [0.3, 0.4) is 0 Å². The molecule has 3 heteroatoms. The minimum absolute atomic E-state index is 0.150. The Hall–Kier alpha value is -2.42. The van der Waals surface area contributed by atoms with Gasteiger partial charge in [0.25, 0.3) is 0 Å². The highest BCUT2D eigenvalue weighted by Crippen LogP contribution is 2.47. The van der Waals surface area contributed by atoms with E-state index in [1.807, 2.05) is 12.1 Å². The van der Waals surface area contributed by atoms with Gasteiger partial charge in [0.2, 0.25) is 5.89 Å². The number of aldehydes is 1. The van der Waals surface area contributed by atoms with Crippen molar-refractivity contribution in [3.8, 4) is 11.5 Å². The van der Waals surface area contributed by atoms with Crippen LogP contribution in [0, 0.1) is 0 Å². The third-order valence-corrected chi connectivity index (χ3v) is 5.65. The number of rotatable bonds is 2. The van der Waals surface area contributed by atoms with Gasteiger partial charge in [-0.2, -0.15) is 0 Å². The molecule has 2 aromatic carbocycles. The van der Waals surface area contributed by atoms with Crippen molar-refractivity contribution >= 4 is 17.4 Å². The van der Waals surface area contributed by atoms with Crippen molar-refractivity contribution in [1.82, 2.24) is 4.98 Å². The van der Waals surface area contributed by atoms with E-state index >= 15 is 0 Å². The van der Waals surface area contributed by atoms with E-state index in [1.165, 1.54) is 24.0 Å². The summed E-state index contributed by atoms with van der Waals surface area (Å²) in [5.74, 6) is 0.602. The molecule has 0 radical (unpaired) electrons. The number of fused-ring (bicyclic) bond motifs is 2. The molecule has 3 aromatic rings. The fourth-order valence-corrected chi connectivity index (χ4v) is 3.82. The van der Waals surface area contributed by atoms with Crippen molar-refractivity contribution < 1.29 is 9.21 Å². The maximum Gasteiger partial charge on any atom is 0.227 e. The van der Waals surface area contributed by atoms with Gasteiger partial charge in [0.1, 0.15) is 11.8 Å². The van der Waals surface area contributed by atoms with Gasteiger partial charge >= 0.3 is 0 Å². The van der Waals surface area contributed by atoms with Crippen LogP contribution >= 0.6 is 0 Å². The monoisotopic (exact) mass is 333 g/mol. The quantitative estimate of drug-likeness (QED) is 0.569. The van der Waals surface area contributed by atoms with Crippen LogP contribution in [0.2, 0.25) is 0 Å². The normalized spacial score (nSPS) is 18.1. The predicted molar refractivity (Wildman–Crippen MR) is 100 cm³/mol. The molecule has 1 heterocycles. The molecule has 0 amide bonds. The zero-order valence-corrected chi connectivity index (χ0v) is 15.2. The number of aromatic nitrogens is 1. The summed E-state index contributed by atoms with van der Waals surface area (Å²) in [7, 11) is 0. The largest absolute Gasteiger partial charge is 0.436 e. The number of carbonyl (C=O) groups is 1. The molecule has 0 saturated carbocycles. The van der Waals surface area contributed by atoms with Crippen molar-refractivity contribution in [1.29, 1.82) is 0 Å². The molecular weight excluding hydrogens is 310 g/mol. The van der Waals surface area contributed by atoms with Gasteiger partial charge in [0.05, 0.1) is 0 Å². The molecule has 1 aliphatic carbocycles. The van der Waals surface area contributed by atoms with Crippen molar-refractivity contribution in [2.24, 2.45) is 0 Å². The summed E-state index contributed by atoms with van der Waals surface area (Å²) in [6, 6.07) is 11.7. The fourth-order valence-electron chi connectivity index (χ4n) is 3.82. The third kappa shape index (κ3) is 2.58. The topological polar surface area (TPSA) is 43.1 Å². The Balaban J connectivity index is 1.88. The molecular formula is C22H23NO2.